The largest absolute Gasteiger partial charge is 0.450 e. The Labute approximate surface area is 708 Å². The molecule has 3 amide bonds. The third-order valence-electron chi connectivity index (χ3n) is 24.2. The molecule has 6 fully saturated rings. The van der Waals surface area contributed by atoms with Gasteiger partial charge in [-0.15, -0.1) is 0 Å². The maximum atomic E-state index is 13.1. The second-order valence-corrected chi connectivity index (χ2v) is 31.5. The minimum Gasteiger partial charge on any atom is -0.450 e. The third-order valence-corrected chi connectivity index (χ3v) is 24.2. The highest BCUT2D eigenvalue weighted by molar-refractivity contribution is 5.96. The van der Waals surface area contributed by atoms with Crippen molar-refractivity contribution in [3.63, 3.8) is 0 Å². The fraction of sp³-hybridized carbons (Fsp3) is 0.516. The van der Waals surface area contributed by atoms with E-state index in [1.165, 1.54) is 0 Å². The molecule has 3 saturated heterocycles. The SMILES string of the molecule is CCOC(=O)N1CCN(c2cc3ccc2C=N[C@@H]2CCCC[C@H]2N=Cc2ccc(cc2NCC(OC)OC)-c2ccc(c(N4CCN(C(=O)OCC)CC4)c2)C=N[C@@H]2CCCC[C@H]2N=Cc2ccc(cc2NCC(OC)OC)-c2ccc(c(N4CCN(C(=O)OCC)CC4)c2)C=N[C@@H]2CCCC[C@H]2N=Cc2ccc-3cc2NCC(OC)OC)CC1. The normalized spacial score (nSPS) is 20.5. The van der Waals surface area contributed by atoms with E-state index in [0.29, 0.717) is 118 Å². The van der Waals surface area contributed by atoms with Gasteiger partial charge in [0.15, 0.2) is 18.9 Å². The van der Waals surface area contributed by atoms with E-state index >= 15 is 0 Å². The highest BCUT2D eigenvalue weighted by Gasteiger charge is 2.32. The molecule has 15 heterocycles. The van der Waals surface area contributed by atoms with Gasteiger partial charge in [-0.05, 0) is 129 Å². The van der Waals surface area contributed by atoms with Crippen LogP contribution in [-0.2, 0) is 42.6 Å². The summed E-state index contributed by atoms with van der Waals surface area (Å²) < 4.78 is 50.8. The number of carbonyl (C=O) groups excluding carboxylic acids is 3. The minimum absolute atomic E-state index is 0.0824. The predicted molar refractivity (Wildman–Crippen MR) is 481 cm³/mol. The van der Waals surface area contributed by atoms with Crippen LogP contribution in [0, 0.1) is 0 Å². The second-order valence-electron chi connectivity index (χ2n) is 31.5. The van der Waals surface area contributed by atoms with E-state index in [0.717, 1.165) is 178 Å². The van der Waals surface area contributed by atoms with Gasteiger partial charge in [0.05, 0.1) is 75.7 Å². The summed E-state index contributed by atoms with van der Waals surface area (Å²) in [5, 5.41) is 11.0. The Morgan fingerprint density at radius 1 is 0.308 bits per heavy atom. The van der Waals surface area contributed by atoms with E-state index in [1.807, 2.05) is 58.1 Å². The molecule has 0 spiro atoms. The lowest BCUT2D eigenvalue weighted by Crippen LogP contribution is -2.49. The Hall–Kier alpha value is -10.3. The Morgan fingerprint density at radius 2 is 0.517 bits per heavy atom. The Kier molecular flexibility index (Phi) is 31.9. The van der Waals surface area contributed by atoms with Crippen molar-refractivity contribution in [3.05, 3.63) is 143 Å². The minimum atomic E-state index is -0.511. The van der Waals surface area contributed by atoms with E-state index in [2.05, 4.69) is 140 Å². The molecule has 6 aromatic carbocycles. The average molecular weight is 1640 g/mol. The van der Waals surface area contributed by atoms with Crippen LogP contribution >= 0.6 is 0 Å². The number of benzene rings is 6. The summed E-state index contributed by atoms with van der Waals surface area (Å²) >= 11 is 0. The lowest BCUT2D eigenvalue weighted by atomic mass is 9.91. The number of piperazine rings is 3. The topological polar surface area (TPSA) is 264 Å². The molecule has 3 N–H and O–H groups in total. The molecule has 18 aliphatic rings. The molecular formula is C93H123N15O12. The monoisotopic (exact) mass is 1640 g/mol. The van der Waals surface area contributed by atoms with Gasteiger partial charge in [-0.2, -0.15) is 0 Å². The standard InChI is InChI=1S/C93H123N15O12/c1-10-118-91(109)106-43-37-103(38-44-106)85-52-67-28-34-73(85)58-97-79-22-16-13-19-76(79)94-56-71-32-26-65(50-83(71)101-62-89(114-6)115-7)68-29-35-75(86(53-68)104-39-45-107(46-40-104)92(110)119-11-2)60-99-81-24-18-15-21-78(81)96-57-72-33-27-66(51-84(72)102-63-90(116-8)117-9)69-30-36-74(87(54-69)105-41-47-108(48-42-105)93(111)120-12-3)59-98-80-23-17-14-20-77(80)95-55-70-31-25-64(67)49-82(70)100-61-88(112-4)113-5/h25-36,49-60,76-81,88-90,100-102H,10-24,37-48,61-63H2,1-9H3/t76-,77-,78-,79-,80-,81-/m1/s1. The molecule has 3 aliphatic carbocycles. The summed E-state index contributed by atoms with van der Waals surface area (Å²) in [6, 6.07) is 38.8. The number of ether oxygens (including phenoxy) is 9. The van der Waals surface area contributed by atoms with Crippen LogP contribution < -0.4 is 30.7 Å². The first-order chi connectivity index (χ1) is 58.8. The molecule has 0 aromatic heterocycles. The van der Waals surface area contributed by atoms with Crippen molar-refractivity contribution in [1.29, 1.82) is 0 Å². The van der Waals surface area contributed by atoms with E-state index in [4.69, 9.17) is 72.6 Å². The first kappa shape index (κ1) is 87.5. The molecule has 15 aliphatic heterocycles. The maximum absolute atomic E-state index is 13.1. The highest BCUT2D eigenvalue weighted by Crippen LogP contribution is 2.38. The lowest BCUT2D eigenvalue weighted by molar-refractivity contribution is -0.0915. The summed E-state index contributed by atoms with van der Waals surface area (Å²) in [5.41, 5.74) is 17.4. The Morgan fingerprint density at radius 3 is 0.733 bits per heavy atom. The van der Waals surface area contributed by atoms with E-state index in [9.17, 15) is 14.4 Å². The number of aliphatic imine (C=N–C) groups is 6. The summed E-state index contributed by atoms with van der Waals surface area (Å²) in [7, 11) is 9.87. The van der Waals surface area contributed by atoms with Gasteiger partial charge in [0.2, 0.25) is 0 Å². The van der Waals surface area contributed by atoms with Crippen molar-refractivity contribution in [3.8, 4) is 33.4 Å². The molecule has 6 aromatic rings. The van der Waals surface area contributed by atoms with Gasteiger partial charge in [-0.3, -0.25) is 30.0 Å². The highest BCUT2D eigenvalue weighted by atomic mass is 16.7. The number of rotatable bonds is 21. The quantitative estimate of drug-likeness (QED) is 0.0446. The van der Waals surface area contributed by atoms with Gasteiger partial charge < -0.3 is 88.0 Å². The number of amides is 3. The summed E-state index contributed by atoms with van der Waals surface area (Å²) in [6.07, 6.45) is 21.3. The first-order valence-electron chi connectivity index (χ1n) is 43.2. The molecule has 6 atom stereocenters. The molecule has 27 nitrogen and oxygen atoms in total. The van der Waals surface area contributed by atoms with Crippen LogP contribution in [0.25, 0.3) is 33.4 Å². The van der Waals surface area contributed by atoms with Gasteiger partial charge in [0.1, 0.15) is 0 Å². The van der Waals surface area contributed by atoms with E-state index in [1.54, 1.807) is 57.4 Å². The Bertz CT molecular complexity index is 4110. The predicted octanol–water partition coefficient (Wildman–Crippen LogP) is 14.5. The molecule has 24 rings (SSSR count). The zero-order valence-electron chi connectivity index (χ0n) is 71.5. The average Bonchev–Trinajstić information content (AvgIpc) is 0.801. The van der Waals surface area contributed by atoms with Crippen molar-refractivity contribution in [2.45, 2.75) is 153 Å². The number of nitrogens with zero attached hydrogens (tertiary/aromatic N) is 12. The number of anilines is 6. The van der Waals surface area contributed by atoms with Crippen molar-refractivity contribution in [2.24, 2.45) is 30.0 Å². The summed E-state index contributed by atoms with van der Waals surface area (Å²) in [5.74, 6) is 0. The molecule has 642 valence electrons. The van der Waals surface area contributed by atoms with Gasteiger partial charge in [0, 0.05) is 226 Å². The molecular weight excluding hydrogens is 1520 g/mol. The van der Waals surface area contributed by atoms with Crippen LogP contribution in [0.2, 0.25) is 0 Å². The number of carbonyl (C=O) groups is 3. The molecule has 0 unspecified atom stereocenters. The van der Waals surface area contributed by atoms with Gasteiger partial charge >= 0.3 is 18.3 Å². The second kappa shape index (κ2) is 43.8. The molecule has 27 heteroatoms. The van der Waals surface area contributed by atoms with Crippen LogP contribution in [0.3, 0.4) is 0 Å². The first-order valence-corrected chi connectivity index (χ1v) is 43.2. The zero-order valence-corrected chi connectivity index (χ0v) is 71.5. The third kappa shape index (κ3) is 22.6. The van der Waals surface area contributed by atoms with Crippen molar-refractivity contribution < 1.29 is 57.0 Å². The fourth-order valence-corrected chi connectivity index (χ4v) is 17.1. The summed E-state index contributed by atoms with van der Waals surface area (Å²) in [4.78, 5) is 84.6. The van der Waals surface area contributed by atoms with Crippen molar-refractivity contribution >= 4 is 89.7 Å². The van der Waals surface area contributed by atoms with Crippen LogP contribution in [0.5, 0.6) is 0 Å². The number of hydrogen-bond donors (Lipinski definition) is 3. The fourth-order valence-electron chi connectivity index (χ4n) is 17.1. The lowest BCUT2D eigenvalue weighted by Gasteiger charge is -2.36. The van der Waals surface area contributed by atoms with E-state index in [-0.39, 0.29) is 54.5 Å². The van der Waals surface area contributed by atoms with Crippen LogP contribution in [0.15, 0.2) is 139 Å². The molecule has 120 heavy (non-hydrogen) atoms. The number of hydrogen-bond acceptors (Lipinski definition) is 24. The molecule has 0 radical (unpaired) electrons. The molecule has 12 bridgehead atoms. The maximum Gasteiger partial charge on any atom is 0.409 e. The van der Waals surface area contributed by atoms with Crippen LogP contribution in [-0.4, -0.2) is 286 Å². The Balaban J connectivity index is 0.917. The van der Waals surface area contributed by atoms with Gasteiger partial charge in [-0.1, -0.05) is 111 Å². The summed E-state index contributed by atoms with van der Waals surface area (Å²) in [6.45, 7) is 14.3. The number of methoxy groups -OCH3 is 6. The van der Waals surface area contributed by atoms with Crippen LogP contribution in [0.1, 0.15) is 131 Å². The van der Waals surface area contributed by atoms with Gasteiger partial charge in [0.25, 0.3) is 0 Å². The van der Waals surface area contributed by atoms with Gasteiger partial charge in [-0.25, -0.2) is 14.4 Å². The number of nitrogens with one attached hydrogen (secondary N) is 3. The zero-order chi connectivity index (χ0) is 83.7. The van der Waals surface area contributed by atoms with Crippen molar-refractivity contribution in [2.75, 3.05) is 191 Å². The van der Waals surface area contributed by atoms with Crippen LogP contribution in [0.4, 0.5) is 48.5 Å². The van der Waals surface area contributed by atoms with Crippen molar-refractivity contribution in [1.82, 2.24) is 14.7 Å². The van der Waals surface area contributed by atoms with E-state index < -0.39 is 18.9 Å². The smallest absolute Gasteiger partial charge is 0.409 e. The molecule has 3 saturated carbocycles.